The van der Waals surface area contributed by atoms with Crippen molar-refractivity contribution in [2.24, 2.45) is 4.99 Å². The predicted octanol–water partition coefficient (Wildman–Crippen LogP) is 2.89. The van der Waals surface area contributed by atoms with Gasteiger partial charge in [-0.15, -0.1) is 24.0 Å². The summed E-state index contributed by atoms with van der Waals surface area (Å²) in [5.41, 5.74) is 0. The summed E-state index contributed by atoms with van der Waals surface area (Å²) < 4.78 is 38.3. The van der Waals surface area contributed by atoms with Crippen molar-refractivity contribution in [3.63, 3.8) is 0 Å². The van der Waals surface area contributed by atoms with Gasteiger partial charge in [0.2, 0.25) is 0 Å². The molecule has 1 aliphatic heterocycles. The van der Waals surface area contributed by atoms with E-state index in [1.165, 1.54) is 11.8 Å². The van der Waals surface area contributed by atoms with E-state index in [9.17, 15) is 13.2 Å². The predicted molar refractivity (Wildman–Crippen MR) is 103 cm³/mol. The van der Waals surface area contributed by atoms with Gasteiger partial charge in [0.1, 0.15) is 6.04 Å². The van der Waals surface area contributed by atoms with Crippen LogP contribution < -0.4 is 5.32 Å². The standard InChI is InChI=1S/C14H27F3N4S.HI/c1-11(14(15,16)17)20-6-8-21(9-7-20)12(18-4)19-10-13(2,3)22-5;/h11H,6-10H2,1-5H3,(H,18,19);1H. The van der Waals surface area contributed by atoms with E-state index in [1.54, 1.807) is 18.8 Å². The van der Waals surface area contributed by atoms with Crippen LogP contribution in [0.1, 0.15) is 20.8 Å². The summed E-state index contributed by atoms with van der Waals surface area (Å²) in [5, 5.41) is 3.32. The summed E-state index contributed by atoms with van der Waals surface area (Å²) in [6.07, 6.45) is -2.10. The Morgan fingerprint density at radius 3 is 2.13 bits per heavy atom. The minimum Gasteiger partial charge on any atom is -0.355 e. The van der Waals surface area contributed by atoms with Crippen molar-refractivity contribution < 1.29 is 13.2 Å². The topological polar surface area (TPSA) is 30.9 Å². The van der Waals surface area contributed by atoms with Crippen LogP contribution >= 0.6 is 35.7 Å². The van der Waals surface area contributed by atoms with Crippen LogP contribution in [0, 0.1) is 0 Å². The second-order valence-corrected chi connectivity index (χ2v) is 7.62. The molecule has 1 fully saturated rings. The van der Waals surface area contributed by atoms with Crippen molar-refractivity contribution in [3.05, 3.63) is 0 Å². The minimum atomic E-state index is -4.16. The molecule has 1 heterocycles. The van der Waals surface area contributed by atoms with Gasteiger partial charge < -0.3 is 10.2 Å². The van der Waals surface area contributed by atoms with E-state index in [1.807, 2.05) is 4.90 Å². The highest BCUT2D eigenvalue weighted by Crippen LogP contribution is 2.25. The molecule has 1 atom stereocenters. The van der Waals surface area contributed by atoms with E-state index in [2.05, 4.69) is 30.4 Å². The lowest BCUT2D eigenvalue weighted by atomic mass is 10.2. The second kappa shape index (κ2) is 9.55. The summed E-state index contributed by atoms with van der Waals surface area (Å²) in [4.78, 5) is 7.75. The van der Waals surface area contributed by atoms with Gasteiger partial charge in [-0.05, 0) is 27.0 Å². The van der Waals surface area contributed by atoms with Gasteiger partial charge >= 0.3 is 6.18 Å². The minimum absolute atomic E-state index is 0. The summed E-state index contributed by atoms with van der Waals surface area (Å²) in [6.45, 7) is 8.17. The van der Waals surface area contributed by atoms with Crippen molar-refractivity contribution in [2.45, 2.75) is 37.7 Å². The molecule has 0 aromatic rings. The Morgan fingerprint density at radius 2 is 1.74 bits per heavy atom. The quantitative estimate of drug-likeness (QED) is 0.391. The molecule has 1 unspecified atom stereocenters. The van der Waals surface area contributed by atoms with Crippen LogP contribution in [0.5, 0.6) is 0 Å². The Morgan fingerprint density at radius 1 is 1.22 bits per heavy atom. The van der Waals surface area contributed by atoms with Crippen LogP contribution in [0.15, 0.2) is 4.99 Å². The monoisotopic (exact) mass is 468 g/mol. The lowest BCUT2D eigenvalue weighted by Gasteiger charge is -2.40. The molecule has 23 heavy (non-hydrogen) atoms. The van der Waals surface area contributed by atoms with Crippen LogP contribution in [0.25, 0.3) is 0 Å². The van der Waals surface area contributed by atoms with Gasteiger partial charge in [-0.2, -0.15) is 24.9 Å². The molecule has 0 saturated carbocycles. The number of halogens is 4. The Kier molecular flexibility index (Phi) is 9.59. The van der Waals surface area contributed by atoms with Gasteiger partial charge in [-0.3, -0.25) is 9.89 Å². The first-order chi connectivity index (χ1) is 10.1. The summed E-state index contributed by atoms with van der Waals surface area (Å²) in [6, 6.07) is -1.39. The molecule has 1 rings (SSSR count). The fourth-order valence-electron chi connectivity index (χ4n) is 2.22. The third kappa shape index (κ3) is 7.25. The first kappa shape index (κ1) is 23.1. The van der Waals surface area contributed by atoms with Gasteiger partial charge in [0, 0.05) is 44.5 Å². The molecule has 0 amide bonds. The van der Waals surface area contributed by atoms with E-state index in [0.717, 1.165) is 12.5 Å². The van der Waals surface area contributed by atoms with Gasteiger partial charge in [0.05, 0.1) is 0 Å². The first-order valence-electron chi connectivity index (χ1n) is 7.42. The van der Waals surface area contributed by atoms with Crippen LogP contribution in [-0.2, 0) is 0 Å². The number of rotatable bonds is 4. The van der Waals surface area contributed by atoms with E-state index in [4.69, 9.17) is 0 Å². The Bertz CT molecular complexity index is 383. The third-order valence-electron chi connectivity index (χ3n) is 4.07. The maximum Gasteiger partial charge on any atom is 0.403 e. The van der Waals surface area contributed by atoms with Gasteiger partial charge in [0.15, 0.2) is 5.96 Å². The van der Waals surface area contributed by atoms with Crippen molar-refractivity contribution in [2.75, 3.05) is 46.0 Å². The number of aliphatic imine (C=N–C) groups is 1. The number of hydrogen-bond donors (Lipinski definition) is 1. The highest BCUT2D eigenvalue weighted by Gasteiger charge is 2.41. The van der Waals surface area contributed by atoms with Gasteiger partial charge in [0.25, 0.3) is 0 Å². The zero-order valence-corrected chi connectivity index (χ0v) is 17.6. The SMILES string of the molecule is CN=C(NCC(C)(C)SC)N1CCN(C(C)C(F)(F)F)CC1.I. The molecule has 0 aromatic heterocycles. The maximum atomic E-state index is 12.8. The van der Waals surface area contributed by atoms with Crippen LogP contribution in [0.3, 0.4) is 0 Å². The molecular weight excluding hydrogens is 440 g/mol. The lowest BCUT2D eigenvalue weighted by molar-refractivity contribution is -0.181. The molecule has 0 spiro atoms. The third-order valence-corrected chi connectivity index (χ3v) is 5.32. The van der Waals surface area contributed by atoms with Crippen LogP contribution in [0.4, 0.5) is 13.2 Å². The molecule has 4 nitrogen and oxygen atoms in total. The molecule has 1 N–H and O–H groups in total. The largest absolute Gasteiger partial charge is 0.403 e. The Hall–Kier alpha value is 0.1000. The molecule has 1 saturated heterocycles. The van der Waals surface area contributed by atoms with E-state index >= 15 is 0 Å². The number of nitrogens with zero attached hydrogens (tertiary/aromatic N) is 3. The normalized spacial score (nSPS) is 19.3. The van der Waals surface area contributed by atoms with E-state index in [0.29, 0.717) is 26.2 Å². The molecule has 138 valence electrons. The van der Waals surface area contributed by atoms with Crippen LogP contribution in [-0.4, -0.2) is 78.8 Å². The molecule has 1 aliphatic rings. The van der Waals surface area contributed by atoms with Gasteiger partial charge in [-0.1, -0.05) is 0 Å². The molecular formula is C14H28F3IN4S. The van der Waals surface area contributed by atoms with E-state index in [-0.39, 0.29) is 28.7 Å². The highest BCUT2D eigenvalue weighted by molar-refractivity contribution is 14.0. The molecule has 0 radical (unpaired) electrons. The summed E-state index contributed by atoms with van der Waals surface area (Å²) >= 11 is 1.76. The average molecular weight is 468 g/mol. The summed E-state index contributed by atoms with van der Waals surface area (Å²) in [7, 11) is 1.71. The average Bonchev–Trinajstić information content (AvgIpc) is 2.47. The van der Waals surface area contributed by atoms with Crippen LogP contribution in [0.2, 0.25) is 0 Å². The zero-order valence-electron chi connectivity index (χ0n) is 14.4. The zero-order chi connectivity index (χ0) is 17.0. The lowest BCUT2D eigenvalue weighted by Crippen LogP contribution is -2.57. The van der Waals surface area contributed by atoms with Crippen molar-refractivity contribution in [1.29, 1.82) is 0 Å². The molecule has 0 aliphatic carbocycles. The molecule has 0 aromatic carbocycles. The maximum absolute atomic E-state index is 12.8. The number of guanidine groups is 1. The number of alkyl halides is 3. The van der Waals surface area contributed by atoms with Gasteiger partial charge in [-0.25, -0.2) is 0 Å². The Balaban J connectivity index is 0.00000484. The van der Waals surface area contributed by atoms with Crippen molar-refractivity contribution in [1.82, 2.24) is 15.1 Å². The summed E-state index contributed by atoms with van der Waals surface area (Å²) in [5.74, 6) is 0.765. The van der Waals surface area contributed by atoms with Crippen molar-refractivity contribution in [3.8, 4) is 0 Å². The first-order valence-corrected chi connectivity index (χ1v) is 8.64. The van der Waals surface area contributed by atoms with E-state index < -0.39 is 12.2 Å². The highest BCUT2D eigenvalue weighted by atomic mass is 127. The number of nitrogens with one attached hydrogen (secondary N) is 1. The molecule has 0 bridgehead atoms. The smallest absolute Gasteiger partial charge is 0.355 e. The Labute approximate surface area is 158 Å². The number of hydrogen-bond acceptors (Lipinski definition) is 3. The second-order valence-electron chi connectivity index (χ2n) is 6.11. The molecule has 9 heteroatoms. The number of thioether (sulfide) groups is 1. The fourth-order valence-corrected chi connectivity index (χ4v) is 2.44. The van der Waals surface area contributed by atoms with Crippen molar-refractivity contribution >= 4 is 41.7 Å². The number of piperazine rings is 1. The fraction of sp³-hybridized carbons (Fsp3) is 0.929.